The van der Waals surface area contributed by atoms with E-state index in [1.165, 1.54) is 13.8 Å². The molecular weight excluding hydrogens is 370 g/mol. The van der Waals surface area contributed by atoms with Crippen LogP contribution < -0.4 is 16.4 Å². The molecule has 0 bridgehead atoms. The van der Waals surface area contributed by atoms with Gasteiger partial charge >= 0.3 is 0 Å². The minimum Gasteiger partial charge on any atom is -0.363 e. The van der Waals surface area contributed by atoms with Gasteiger partial charge in [0.15, 0.2) is 0 Å². The van der Waals surface area contributed by atoms with Crippen LogP contribution in [0.5, 0.6) is 0 Å². The molecule has 7 nitrogen and oxygen atoms in total. The number of primary amides is 1. The lowest BCUT2D eigenvalue weighted by Gasteiger charge is -2.27. The molecule has 0 aliphatic rings. The van der Waals surface area contributed by atoms with Crippen molar-refractivity contribution in [3.05, 3.63) is 71.8 Å². The van der Waals surface area contributed by atoms with Gasteiger partial charge in [-0.3, -0.25) is 19.2 Å². The lowest BCUT2D eigenvalue weighted by molar-refractivity contribution is -0.141. The van der Waals surface area contributed by atoms with Crippen LogP contribution >= 0.6 is 0 Å². The van der Waals surface area contributed by atoms with E-state index in [1.54, 1.807) is 0 Å². The number of hydrogen-bond acceptors (Lipinski definition) is 4. The number of carbonyl (C=O) groups excluding carboxylic acids is 4. The maximum atomic E-state index is 12.8. The minimum atomic E-state index is -1.48. The average Bonchev–Trinajstić information content (AvgIpc) is 2.68. The molecule has 2 aromatic rings. The van der Waals surface area contributed by atoms with Crippen LogP contribution in [0.3, 0.4) is 0 Å². The molecule has 0 aliphatic carbocycles. The van der Waals surface area contributed by atoms with Crippen LogP contribution in [-0.4, -0.2) is 35.1 Å². The number of carbonyl (C=O) groups is 4. The van der Waals surface area contributed by atoms with Crippen LogP contribution in [-0.2, 0) is 32.0 Å². The second-order valence-electron chi connectivity index (χ2n) is 7.28. The molecule has 0 saturated heterocycles. The van der Waals surface area contributed by atoms with E-state index in [0.717, 1.165) is 11.1 Å². The highest BCUT2D eigenvalue weighted by atomic mass is 16.2. The van der Waals surface area contributed by atoms with E-state index in [9.17, 15) is 19.2 Å². The second kappa shape index (κ2) is 9.64. The van der Waals surface area contributed by atoms with Gasteiger partial charge in [0.05, 0.1) is 6.42 Å². The molecule has 0 fully saturated rings. The third-order valence-electron chi connectivity index (χ3n) is 4.37. The Bertz CT molecular complexity index is 879. The van der Waals surface area contributed by atoms with Gasteiger partial charge in [-0.2, -0.15) is 0 Å². The Morgan fingerprint density at radius 2 is 1.41 bits per heavy atom. The Morgan fingerprint density at radius 1 is 0.897 bits per heavy atom. The van der Waals surface area contributed by atoms with Gasteiger partial charge in [-0.15, -0.1) is 0 Å². The summed E-state index contributed by atoms with van der Waals surface area (Å²) in [5.41, 5.74) is 5.22. The van der Waals surface area contributed by atoms with Gasteiger partial charge in [0.2, 0.25) is 17.6 Å². The standard InChI is InChI=1S/C22H25N3O4/c1-22(2,19(27)20(23)28)25-21(29)17(13-15-9-5-3-6-10-15)24-18(26)14-16-11-7-4-8-12-16/h3-12,17H,13-14H2,1-2H3,(H2,23,28)(H,24,26)(H,25,29)/t17-/m0/s1. The molecule has 7 heteroatoms. The maximum Gasteiger partial charge on any atom is 0.287 e. The van der Waals surface area contributed by atoms with Gasteiger partial charge in [0.25, 0.3) is 5.91 Å². The summed E-state index contributed by atoms with van der Waals surface area (Å²) in [5, 5.41) is 5.25. The molecule has 0 heterocycles. The first kappa shape index (κ1) is 21.8. The molecule has 152 valence electrons. The number of hydrogen-bond donors (Lipinski definition) is 3. The molecule has 29 heavy (non-hydrogen) atoms. The number of benzene rings is 2. The molecule has 0 aromatic heterocycles. The summed E-state index contributed by atoms with van der Waals surface area (Å²) in [6, 6.07) is 17.4. The van der Waals surface area contributed by atoms with Crippen molar-refractivity contribution in [3.8, 4) is 0 Å². The summed E-state index contributed by atoms with van der Waals surface area (Å²) in [6.07, 6.45) is 0.344. The fraction of sp³-hybridized carbons (Fsp3) is 0.273. The third kappa shape index (κ3) is 6.57. The number of rotatable bonds is 9. The monoisotopic (exact) mass is 395 g/mol. The summed E-state index contributed by atoms with van der Waals surface area (Å²) in [6.45, 7) is 2.78. The van der Waals surface area contributed by atoms with E-state index in [0.29, 0.717) is 0 Å². The Morgan fingerprint density at radius 3 is 1.93 bits per heavy atom. The highest BCUT2D eigenvalue weighted by molar-refractivity contribution is 6.39. The van der Waals surface area contributed by atoms with Crippen LogP contribution in [0.25, 0.3) is 0 Å². The zero-order valence-electron chi connectivity index (χ0n) is 16.5. The van der Waals surface area contributed by atoms with E-state index < -0.39 is 29.2 Å². The van der Waals surface area contributed by atoms with Crippen molar-refractivity contribution in [1.82, 2.24) is 10.6 Å². The van der Waals surface area contributed by atoms with Crippen molar-refractivity contribution in [3.63, 3.8) is 0 Å². The van der Waals surface area contributed by atoms with E-state index in [4.69, 9.17) is 5.73 Å². The van der Waals surface area contributed by atoms with E-state index in [2.05, 4.69) is 10.6 Å². The summed E-state index contributed by atoms with van der Waals surface area (Å²) < 4.78 is 0. The fourth-order valence-corrected chi connectivity index (χ4v) is 2.85. The average molecular weight is 395 g/mol. The SMILES string of the molecule is CC(C)(NC(=O)[C@H](Cc1ccccc1)NC(=O)Cc1ccccc1)C(=O)C(N)=O. The topological polar surface area (TPSA) is 118 Å². The van der Waals surface area contributed by atoms with E-state index >= 15 is 0 Å². The number of nitrogens with two attached hydrogens (primary N) is 1. The van der Waals surface area contributed by atoms with Crippen molar-refractivity contribution < 1.29 is 19.2 Å². The maximum absolute atomic E-state index is 12.8. The number of amides is 3. The van der Waals surface area contributed by atoms with Gasteiger partial charge in [0, 0.05) is 6.42 Å². The van der Waals surface area contributed by atoms with Crippen molar-refractivity contribution >= 4 is 23.5 Å². The Labute approximate surface area is 169 Å². The number of Topliss-reactive ketones (excluding diaryl/α,β-unsaturated/α-hetero) is 1. The lowest BCUT2D eigenvalue weighted by atomic mass is 9.96. The zero-order chi connectivity index (χ0) is 21.4. The molecule has 0 saturated carbocycles. The normalized spacial score (nSPS) is 11.9. The molecule has 0 unspecified atom stereocenters. The number of ketones is 1. The second-order valence-corrected chi connectivity index (χ2v) is 7.28. The third-order valence-corrected chi connectivity index (χ3v) is 4.37. The lowest BCUT2D eigenvalue weighted by Crippen LogP contribution is -2.59. The van der Waals surface area contributed by atoms with E-state index in [1.807, 2.05) is 60.7 Å². The summed E-state index contributed by atoms with van der Waals surface area (Å²) >= 11 is 0. The van der Waals surface area contributed by atoms with Crippen LogP contribution in [0, 0.1) is 0 Å². The predicted molar refractivity (Wildman–Crippen MR) is 109 cm³/mol. The first-order valence-electron chi connectivity index (χ1n) is 9.22. The van der Waals surface area contributed by atoms with Gasteiger partial charge in [-0.1, -0.05) is 60.7 Å². The first-order chi connectivity index (χ1) is 13.7. The zero-order valence-corrected chi connectivity index (χ0v) is 16.5. The molecule has 4 N–H and O–H groups in total. The largest absolute Gasteiger partial charge is 0.363 e. The first-order valence-corrected chi connectivity index (χ1v) is 9.22. The van der Waals surface area contributed by atoms with Crippen molar-refractivity contribution in [2.45, 2.75) is 38.3 Å². The molecule has 3 amide bonds. The highest BCUT2D eigenvalue weighted by Gasteiger charge is 2.35. The quantitative estimate of drug-likeness (QED) is 0.547. The Hall–Kier alpha value is -3.48. The Kier molecular flexibility index (Phi) is 7.25. The van der Waals surface area contributed by atoms with Gasteiger partial charge in [-0.05, 0) is 25.0 Å². The summed E-state index contributed by atoms with van der Waals surface area (Å²) in [5.74, 6) is -2.95. The van der Waals surface area contributed by atoms with Gasteiger partial charge in [-0.25, -0.2) is 0 Å². The predicted octanol–water partition coefficient (Wildman–Crippen LogP) is 0.906. The fourth-order valence-electron chi connectivity index (χ4n) is 2.85. The van der Waals surface area contributed by atoms with Gasteiger partial charge in [0.1, 0.15) is 11.6 Å². The van der Waals surface area contributed by atoms with Crippen LogP contribution in [0.4, 0.5) is 0 Å². The molecule has 0 spiro atoms. The molecule has 0 radical (unpaired) electrons. The summed E-state index contributed by atoms with van der Waals surface area (Å²) in [4.78, 5) is 48.5. The van der Waals surface area contributed by atoms with E-state index in [-0.39, 0.29) is 18.7 Å². The number of nitrogens with one attached hydrogen (secondary N) is 2. The van der Waals surface area contributed by atoms with Crippen LogP contribution in [0.15, 0.2) is 60.7 Å². The summed E-state index contributed by atoms with van der Waals surface area (Å²) in [7, 11) is 0. The van der Waals surface area contributed by atoms with Crippen molar-refractivity contribution in [2.24, 2.45) is 5.73 Å². The Balaban J connectivity index is 2.15. The van der Waals surface area contributed by atoms with Crippen LogP contribution in [0.2, 0.25) is 0 Å². The minimum absolute atomic E-state index is 0.114. The van der Waals surface area contributed by atoms with Crippen molar-refractivity contribution in [2.75, 3.05) is 0 Å². The smallest absolute Gasteiger partial charge is 0.287 e. The van der Waals surface area contributed by atoms with Crippen molar-refractivity contribution in [1.29, 1.82) is 0 Å². The molecule has 1 atom stereocenters. The molecule has 0 aliphatic heterocycles. The molecule has 2 rings (SSSR count). The van der Waals surface area contributed by atoms with Crippen LogP contribution in [0.1, 0.15) is 25.0 Å². The van der Waals surface area contributed by atoms with Gasteiger partial charge < -0.3 is 16.4 Å². The molecule has 2 aromatic carbocycles. The molecular formula is C22H25N3O4. The highest BCUT2D eigenvalue weighted by Crippen LogP contribution is 2.09.